The van der Waals surface area contributed by atoms with Crippen molar-refractivity contribution in [1.82, 2.24) is 24.9 Å². The smallest absolute Gasteiger partial charge is 0.274 e. The molecule has 2 heterocycles. The number of likely N-dealkylation sites (N-methyl/N-ethyl adjacent to an activating group) is 1. The van der Waals surface area contributed by atoms with Crippen molar-refractivity contribution >= 4 is 17.5 Å². The van der Waals surface area contributed by atoms with E-state index >= 15 is 0 Å². The van der Waals surface area contributed by atoms with E-state index in [2.05, 4.69) is 20.8 Å². The van der Waals surface area contributed by atoms with Crippen LogP contribution in [0.5, 0.6) is 0 Å². The van der Waals surface area contributed by atoms with Crippen LogP contribution in [0.2, 0.25) is 0 Å². The van der Waals surface area contributed by atoms with Gasteiger partial charge in [0.15, 0.2) is 0 Å². The summed E-state index contributed by atoms with van der Waals surface area (Å²) < 4.78 is 3.13. The van der Waals surface area contributed by atoms with Gasteiger partial charge in [-0.3, -0.25) is 19.0 Å². The van der Waals surface area contributed by atoms with Crippen LogP contribution in [-0.4, -0.2) is 38.4 Å². The largest absolute Gasteiger partial charge is 0.358 e. The molecule has 23 heavy (non-hydrogen) atoms. The molecule has 2 N–H and O–H groups in total. The first-order valence-corrected chi connectivity index (χ1v) is 7.67. The third kappa shape index (κ3) is 3.10. The quantitative estimate of drug-likeness (QED) is 0.858. The zero-order valence-electron chi connectivity index (χ0n) is 13.3. The molecule has 1 aliphatic rings. The third-order valence-electron chi connectivity index (χ3n) is 4.01. The SMILES string of the molecule is CNC(=O)Cn1cc(NC(=O)c2c3c(nn2C)CCCC3)cn1. The average Bonchev–Trinajstić information content (AvgIpc) is 3.09. The van der Waals surface area contributed by atoms with Gasteiger partial charge in [0, 0.05) is 25.9 Å². The topological polar surface area (TPSA) is 93.8 Å². The highest BCUT2D eigenvalue weighted by atomic mass is 16.2. The Labute approximate surface area is 133 Å². The highest BCUT2D eigenvalue weighted by Crippen LogP contribution is 2.24. The summed E-state index contributed by atoms with van der Waals surface area (Å²) >= 11 is 0. The Bertz CT molecular complexity index is 745. The molecule has 0 unspecified atom stereocenters. The first kappa shape index (κ1) is 15.3. The molecule has 2 amide bonds. The van der Waals surface area contributed by atoms with Gasteiger partial charge in [0.1, 0.15) is 12.2 Å². The lowest BCUT2D eigenvalue weighted by Gasteiger charge is -2.11. The molecule has 0 aliphatic heterocycles. The number of aromatic nitrogens is 4. The van der Waals surface area contributed by atoms with Crippen LogP contribution >= 0.6 is 0 Å². The molecule has 2 aromatic heterocycles. The first-order chi connectivity index (χ1) is 11.1. The van der Waals surface area contributed by atoms with Crippen molar-refractivity contribution in [2.45, 2.75) is 32.2 Å². The molecule has 0 aromatic carbocycles. The maximum absolute atomic E-state index is 12.6. The summed E-state index contributed by atoms with van der Waals surface area (Å²) in [6, 6.07) is 0. The summed E-state index contributed by atoms with van der Waals surface area (Å²) in [5, 5.41) is 13.9. The lowest BCUT2D eigenvalue weighted by molar-refractivity contribution is -0.121. The van der Waals surface area contributed by atoms with Gasteiger partial charge >= 0.3 is 0 Å². The third-order valence-corrected chi connectivity index (χ3v) is 4.01. The van der Waals surface area contributed by atoms with Gasteiger partial charge in [-0.15, -0.1) is 0 Å². The first-order valence-electron chi connectivity index (χ1n) is 7.67. The molecule has 0 atom stereocenters. The van der Waals surface area contributed by atoms with Crippen LogP contribution in [0.15, 0.2) is 12.4 Å². The summed E-state index contributed by atoms with van der Waals surface area (Å²) in [4.78, 5) is 23.9. The number of fused-ring (bicyclic) bond motifs is 1. The van der Waals surface area contributed by atoms with Crippen molar-refractivity contribution in [2.75, 3.05) is 12.4 Å². The minimum atomic E-state index is -0.192. The normalized spacial score (nSPS) is 13.5. The van der Waals surface area contributed by atoms with Crippen LogP contribution < -0.4 is 10.6 Å². The lowest BCUT2D eigenvalue weighted by Crippen LogP contribution is -2.23. The van der Waals surface area contributed by atoms with Crippen LogP contribution in [-0.2, 0) is 31.2 Å². The fourth-order valence-corrected chi connectivity index (χ4v) is 2.90. The number of amides is 2. The van der Waals surface area contributed by atoms with Crippen LogP contribution in [0.4, 0.5) is 5.69 Å². The molecule has 0 saturated heterocycles. The molecule has 0 spiro atoms. The molecule has 0 saturated carbocycles. The molecular formula is C15H20N6O2. The van der Waals surface area contributed by atoms with E-state index in [0.29, 0.717) is 11.4 Å². The second-order valence-electron chi connectivity index (χ2n) is 5.66. The van der Waals surface area contributed by atoms with Gasteiger partial charge in [0.05, 0.1) is 17.6 Å². The predicted octanol–water partition coefficient (Wildman–Crippen LogP) is 0.494. The number of carbonyl (C=O) groups excluding carboxylic acids is 2. The van der Waals surface area contributed by atoms with Crippen molar-refractivity contribution in [3.05, 3.63) is 29.3 Å². The monoisotopic (exact) mass is 316 g/mol. The number of rotatable bonds is 4. The van der Waals surface area contributed by atoms with Gasteiger partial charge in [-0.2, -0.15) is 10.2 Å². The second kappa shape index (κ2) is 6.23. The fraction of sp³-hybridized carbons (Fsp3) is 0.467. The second-order valence-corrected chi connectivity index (χ2v) is 5.66. The van der Waals surface area contributed by atoms with E-state index in [1.807, 2.05) is 0 Å². The maximum Gasteiger partial charge on any atom is 0.274 e. The van der Waals surface area contributed by atoms with Crippen molar-refractivity contribution < 1.29 is 9.59 Å². The van der Waals surface area contributed by atoms with Crippen LogP contribution in [0.3, 0.4) is 0 Å². The number of carbonyl (C=O) groups is 2. The molecule has 0 fully saturated rings. The molecule has 0 bridgehead atoms. The Hall–Kier alpha value is -2.64. The predicted molar refractivity (Wildman–Crippen MR) is 84.1 cm³/mol. The lowest BCUT2D eigenvalue weighted by atomic mass is 9.95. The number of hydrogen-bond donors (Lipinski definition) is 2. The molecule has 1 aliphatic carbocycles. The van der Waals surface area contributed by atoms with E-state index in [1.165, 1.54) is 10.9 Å². The van der Waals surface area contributed by atoms with Crippen LogP contribution in [0.25, 0.3) is 0 Å². The van der Waals surface area contributed by atoms with E-state index in [0.717, 1.165) is 36.9 Å². The zero-order valence-corrected chi connectivity index (χ0v) is 13.3. The standard InChI is InChI=1S/C15H20N6O2/c1-16-13(22)9-21-8-10(7-17-21)18-15(23)14-11-5-3-4-6-12(11)19-20(14)2/h7-8H,3-6,9H2,1-2H3,(H,16,22)(H,18,23). The van der Waals surface area contributed by atoms with Gasteiger partial charge in [-0.25, -0.2) is 0 Å². The summed E-state index contributed by atoms with van der Waals surface area (Å²) in [7, 11) is 3.36. The minimum Gasteiger partial charge on any atom is -0.358 e. The number of nitrogens with zero attached hydrogens (tertiary/aromatic N) is 4. The van der Waals surface area contributed by atoms with Gasteiger partial charge < -0.3 is 10.6 Å². The Balaban J connectivity index is 1.75. The molecule has 3 rings (SSSR count). The molecule has 8 nitrogen and oxygen atoms in total. The maximum atomic E-state index is 12.6. The van der Waals surface area contributed by atoms with Gasteiger partial charge in [-0.05, 0) is 25.7 Å². The zero-order chi connectivity index (χ0) is 16.4. The Morgan fingerprint density at radius 1 is 1.30 bits per heavy atom. The summed E-state index contributed by atoms with van der Waals surface area (Å²) in [6.07, 6.45) is 7.20. The minimum absolute atomic E-state index is 0.119. The molecule has 0 radical (unpaired) electrons. The Kier molecular flexibility index (Phi) is 4.14. The van der Waals surface area contributed by atoms with Crippen molar-refractivity contribution in [2.24, 2.45) is 7.05 Å². The Morgan fingerprint density at radius 2 is 2.09 bits per heavy atom. The van der Waals surface area contributed by atoms with E-state index < -0.39 is 0 Å². The van der Waals surface area contributed by atoms with Crippen LogP contribution in [0.1, 0.15) is 34.6 Å². The number of nitrogens with one attached hydrogen (secondary N) is 2. The Morgan fingerprint density at radius 3 is 2.87 bits per heavy atom. The number of hydrogen-bond acceptors (Lipinski definition) is 4. The van der Waals surface area contributed by atoms with Crippen LogP contribution in [0, 0.1) is 0 Å². The number of aryl methyl sites for hydroxylation is 2. The van der Waals surface area contributed by atoms with Gasteiger partial charge in [0.25, 0.3) is 5.91 Å². The van der Waals surface area contributed by atoms with Gasteiger partial charge in [0.2, 0.25) is 5.91 Å². The highest BCUT2D eigenvalue weighted by molar-refractivity contribution is 6.04. The van der Waals surface area contributed by atoms with Crippen molar-refractivity contribution in [1.29, 1.82) is 0 Å². The summed E-state index contributed by atoms with van der Waals surface area (Å²) in [5.41, 5.74) is 3.25. The average molecular weight is 316 g/mol. The highest BCUT2D eigenvalue weighted by Gasteiger charge is 2.24. The molecule has 122 valence electrons. The molecule has 8 heteroatoms. The fourth-order valence-electron chi connectivity index (χ4n) is 2.90. The van der Waals surface area contributed by atoms with Crippen molar-refractivity contribution in [3.63, 3.8) is 0 Å². The van der Waals surface area contributed by atoms with E-state index in [4.69, 9.17) is 0 Å². The van der Waals surface area contributed by atoms with E-state index in [-0.39, 0.29) is 18.4 Å². The van der Waals surface area contributed by atoms with Gasteiger partial charge in [-0.1, -0.05) is 0 Å². The van der Waals surface area contributed by atoms with E-state index in [1.54, 1.807) is 25.0 Å². The molecular weight excluding hydrogens is 296 g/mol. The summed E-state index contributed by atoms with van der Waals surface area (Å²) in [5.74, 6) is -0.339. The number of anilines is 1. The van der Waals surface area contributed by atoms with E-state index in [9.17, 15) is 9.59 Å². The van der Waals surface area contributed by atoms with Crippen molar-refractivity contribution in [3.8, 4) is 0 Å². The summed E-state index contributed by atoms with van der Waals surface area (Å²) in [6.45, 7) is 0.119. The molecule has 2 aromatic rings.